The number of rotatable bonds is 14. The fraction of sp³-hybridized carbons (Fsp3) is 0.462. The van der Waals surface area contributed by atoms with Crippen LogP contribution in [0, 0.1) is 0 Å². The van der Waals surface area contributed by atoms with Crippen molar-refractivity contribution in [3.05, 3.63) is 54.6 Å². The SMILES string of the molecule is CCCCCCCCCCCCO[P+](=O)Oc1cccc2cc3ccccc3cc12. The zero-order valence-corrected chi connectivity index (χ0v) is 19.0. The molecule has 0 amide bonds. The van der Waals surface area contributed by atoms with Gasteiger partial charge in [-0.1, -0.05) is 101 Å². The summed E-state index contributed by atoms with van der Waals surface area (Å²) in [6.07, 6.45) is 12.7. The predicted octanol–water partition coefficient (Wildman–Crippen LogP) is 8.97. The fourth-order valence-corrected chi connectivity index (χ4v) is 4.50. The molecule has 0 aliphatic carbocycles. The summed E-state index contributed by atoms with van der Waals surface area (Å²) in [5, 5.41) is 4.36. The molecule has 0 aliphatic heterocycles. The quantitative estimate of drug-likeness (QED) is 0.147. The van der Waals surface area contributed by atoms with Gasteiger partial charge >= 0.3 is 8.25 Å². The maximum absolute atomic E-state index is 12.3. The van der Waals surface area contributed by atoms with Crippen molar-refractivity contribution in [3.8, 4) is 5.75 Å². The maximum Gasteiger partial charge on any atom is 0.750 e. The number of unbranched alkanes of at least 4 members (excludes halogenated alkanes) is 9. The first kappa shape index (κ1) is 22.7. The van der Waals surface area contributed by atoms with Crippen LogP contribution in [0.25, 0.3) is 21.5 Å². The van der Waals surface area contributed by atoms with E-state index in [0.717, 1.165) is 29.0 Å². The Morgan fingerprint density at radius 3 is 2.00 bits per heavy atom. The predicted molar refractivity (Wildman–Crippen MR) is 127 cm³/mol. The van der Waals surface area contributed by atoms with Crippen LogP contribution in [0.2, 0.25) is 0 Å². The second-order valence-corrected chi connectivity index (χ2v) is 8.89. The van der Waals surface area contributed by atoms with Crippen molar-refractivity contribution in [2.45, 2.75) is 71.1 Å². The third kappa shape index (κ3) is 7.07. The minimum atomic E-state index is -2.16. The molecule has 0 radical (unpaired) electrons. The molecule has 4 heteroatoms. The van der Waals surface area contributed by atoms with Crippen LogP contribution >= 0.6 is 8.25 Å². The van der Waals surface area contributed by atoms with Crippen molar-refractivity contribution in [1.82, 2.24) is 0 Å². The first-order valence-corrected chi connectivity index (χ1v) is 12.6. The van der Waals surface area contributed by atoms with E-state index in [1.54, 1.807) is 0 Å². The highest BCUT2D eigenvalue weighted by Crippen LogP contribution is 2.35. The Kier molecular flexibility index (Phi) is 9.60. The second kappa shape index (κ2) is 12.7. The molecular weight excluding hydrogens is 391 g/mol. The molecule has 0 fully saturated rings. The van der Waals surface area contributed by atoms with Crippen LogP contribution < -0.4 is 4.52 Å². The molecule has 1 atom stereocenters. The normalized spacial score (nSPS) is 11.8. The van der Waals surface area contributed by atoms with Crippen molar-refractivity contribution in [2.24, 2.45) is 0 Å². The van der Waals surface area contributed by atoms with Gasteiger partial charge in [0.1, 0.15) is 6.61 Å². The summed E-state index contributed by atoms with van der Waals surface area (Å²) in [5.74, 6) is 0.613. The van der Waals surface area contributed by atoms with Crippen LogP contribution in [0.3, 0.4) is 0 Å². The van der Waals surface area contributed by atoms with Crippen LogP contribution in [0.4, 0.5) is 0 Å². The minimum absolute atomic E-state index is 0.486. The Morgan fingerprint density at radius 1 is 0.700 bits per heavy atom. The molecule has 3 aromatic carbocycles. The van der Waals surface area contributed by atoms with E-state index in [0.29, 0.717) is 12.4 Å². The van der Waals surface area contributed by atoms with Gasteiger partial charge in [-0.2, -0.15) is 0 Å². The summed E-state index contributed by atoms with van der Waals surface area (Å²) in [7, 11) is -2.16. The Morgan fingerprint density at radius 2 is 1.30 bits per heavy atom. The van der Waals surface area contributed by atoms with Crippen LogP contribution in [-0.4, -0.2) is 6.61 Å². The molecule has 0 saturated carbocycles. The largest absolute Gasteiger partial charge is 0.750 e. The molecule has 1 unspecified atom stereocenters. The minimum Gasteiger partial charge on any atom is -0.229 e. The number of benzene rings is 3. The Labute approximate surface area is 181 Å². The van der Waals surface area contributed by atoms with E-state index in [9.17, 15) is 4.57 Å². The fourth-order valence-electron chi connectivity index (χ4n) is 3.85. The number of fused-ring (bicyclic) bond motifs is 2. The van der Waals surface area contributed by atoms with Gasteiger partial charge in [-0.25, -0.2) is 4.52 Å². The highest BCUT2D eigenvalue weighted by atomic mass is 31.1. The average molecular weight is 426 g/mol. The first-order chi connectivity index (χ1) is 14.8. The van der Waals surface area contributed by atoms with Crippen molar-refractivity contribution < 1.29 is 13.6 Å². The third-order valence-electron chi connectivity index (χ3n) is 5.57. The van der Waals surface area contributed by atoms with Crippen LogP contribution in [0.15, 0.2) is 54.6 Å². The standard InChI is InChI=1S/C26H34O3P/c1-2-3-4-5-6-7-8-9-10-13-19-28-30(27)29-26-18-14-17-24-20-22-15-11-12-16-23(22)21-25(24)26/h11-12,14-18,20-21H,2-10,13,19H2,1H3/q+1. The zero-order chi connectivity index (χ0) is 21.0. The smallest absolute Gasteiger partial charge is 0.229 e. The zero-order valence-electron chi connectivity index (χ0n) is 18.1. The van der Waals surface area contributed by atoms with Gasteiger partial charge in [0.2, 0.25) is 0 Å². The molecule has 0 N–H and O–H groups in total. The van der Waals surface area contributed by atoms with Crippen molar-refractivity contribution in [1.29, 1.82) is 0 Å². The monoisotopic (exact) mass is 425 g/mol. The molecule has 3 aromatic rings. The van der Waals surface area contributed by atoms with Crippen LogP contribution in [-0.2, 0) is 9.09 Å². The summed E-state index contributed by atoms with van der Waals surface area (Å²) < 4.78 is 23.4. The van der Waals surface area contributed by atoms with Gasteiger partial charge in [-0.3, -0.25) is 0 Å². The van der Waals surface area contributed by atoms with E-state index < -0.39 is 8.25 Å². The van der Waals surface area contributed by atoms with E-state index in [1.165, 1.54) is 56.8 Å². The van der Waals surface area contributed by atoms with Crippen molar-refractivity contribution in [3.63, 3.8) is 0 Å². The molecule has 0 saturated heterocycles. The molecule has 0 bridgehead atoms. The van der Waals surface area contributed by atoms with Gasteiger partial charge in [-0.05, 0) is 40.8 Å². The van der Waals surface area contributed by atoms with Gasteiger partial charge in [0.05, 0.1) is 0 Å². The van der Waals surface area contributed by atoms with E-state index in [1.807, 2.05) is 30.3 Å². The lowest BCUT2D eigenvalue weighted by Gasteiger charge is -2.04. The lowest BCUT2D eigenvalue weighted by Crippen LogP contribution is -1.92. The van der Waals surface area contributed by atoms with E-state index in [-0.39, 0.29) is 0 Å². The molecule has 0 spiro atoms. The van der Waals surface area contributed by atoms with Crippen molar-refractivity contribution in [2.75, 3.05) is 6.61 Å². The molecule has 3 nitrogen and oxygen atoms in total. The van der Waals surface area contributed by atoms with Crippen molar-refractivity contribution >= 4 is 29.8 Å². The molecule has 3 rings (SSSR count). The van der Waals surface area contributed by atoms with Crippen LogP contribution in [0.1, 0.15) is 71.1 Å². The van der Waals surface area contributed by atoms with Gasteiger partial charge in [0.15, 0.2) is 5.75 Å². The molecular formula is C26H34O3P+. The molecule has 160 valence electrons. The first-order valence-electron chi connectivity index (χ1n) is 11.5. The number of hydrogen-bond donors (Lipinski definition) is 0. The van der Waals surface area contributed by atoms with Crippen LogP contribution in [0.5, 0.6) is 5.75 Å². The summed E-state index contributed by atoms with van der Waals surface area (Å²) in [4.78, 5) is 0. The average Bonchev–Trinajstić information content (AvgIpc) is 2.76. The van der Waals surface area contributed by atoms with E-state index in [2.05, 4.69) is 31.2 Å². The Bertz CT molecular complexity index is 938. The lowest BCUT2D eigenvalue weighted by atomic mass is 10.0. The van der Waals surface area contributed by atoms with E-state index >= 15 is 0 Å². The summed E-state index contributed by atoms with van der Waals surface area (Å²) >= 11 is 0. The molecule has 0 aromatic heterocycles. The second-order valence-electron chi connectivity index (χ2n) is 8.01. The third-order valence-corrected chi connectivity index (χ3v) is 6.31. The summed E-state index contributed by atoms with van der Waals surface area (Å²) in [6, 6.07) is 18.3. The summed E-state index contributed by atoms with van der Waals surface area (Å²) in [6.45, 7) is 2.74. The highest BCUT2D eigenvalue weighted by Gasteiger charge is 2.23. The summed E-state index contributed by atoms with van der Waals surface area (Å²) in [5.41, 5.74) is 0. The Hall–Kier alpha value is -1.96. The highest BCUT2D eigenvalue weighted by molar-refractivity contribution is 7.33. The lowest BCUT2D eigenvalue weighted by molar-refractivity contribution is 0.278. The van der Waals surface area contributed by atoms with Gasteiger partial charge < -0.3 is 0 Å². The molecule has 0 aliphatic rings. The Balaban J connectivity index is 1.38. The topological polar surface area (TPSA) is 35.5 Å². The van der Waals surface area contributed by atoms with Gasteiger partial charge in [0.25, 0.3) is 0 Å². The molecule has 30 heavy (non-hydrogen) atoms. The number of hydrogen-bond acceptors (Lipinski definition) is 3. The van der Waals surface area contributed by atoms with Gasteiger partial charge in [0, 0.05) is 9.95 Å². The van der Waals surface area contributed by atoms with E-state index in [4.69, 9.17) is 9.05 Å². The van der Waals surface area contributed by atoms with Gasteiger partial charge in [-0.15, -0.1) is 4.52 Å². The maximum atomic E-state index is 12.3. The molecule has 0 heterocycles.